The summed E-state index contributed by atoms with van der Waals surface area (Å²) in [5, 5.41) is 13.5. The van der Waals surface area contributed by atoms with Crippen molar-refractivity contribution in [3.05, 3.63) is 11.8 Å². The minimum atomic E-state index is -0.280. The molecule has 1 aliphatic rings. The number of amides is 1. The number of ether oxygens (including phenoxy) is 1. The first kappa shape index (κ1) is 11.9. The quantitative estimate of drug-likeness (QED) is 0.790. The Kier molecular flexibility index (Phi) is 3.33. The Morgan fingerprint density at radius 3 is 2.71 bits per heavy atom. The lowest BCUT2D eigenvalue weighted by atomic mass is 10.1. The Morgan fingerprint density at radius 1 is 1.53 bits per heavy atom. The van der Waals surface area contributed by atoms with Gasteiger partial charge in [0, 0.05) is 26.2 Å². The van der Waals surface area contributed by atoms with E-state index < -0.39 is 0 Å². The lowest BCUT2D eigenvalue weighted by molar-refractivity contribution is 0.0541. The fourth-order valence-corrected chi connectivity index (χ4v) is 1.98. The maximum atomic E-state index is 12.1. The Labute approximate surface area is 99.8 Å². The smallest absolute Gasteiger partial charge is 0.274 e. The summed E-state index contributed by atoms with van der Waals surface area (Å²) in [6, 6.07) is 1.63. The number of nitrogens with zero attached hydrogens (tertiary/aromatic N) is 3. The molecular weight excluding hydrogens is 222 g/mol. The predicted octanol–water partition coefficient (Wildman–Crippen LogP) is 0.0256. The van der Waals surface area contributed by atoms with Gasteiger partial charge >= 0.3 is 0 Å². The van der Waals surface area contributed by atoms with Gasteiger partial charge in [-0.1, -0.05) is 0 Å². The van der Waals surface area contributed by atoms with Crippen molar-refractivity contribution in [1.29, 1.82) is 0 Å². The monoisotopic (exact) mass is 239 g/mol. The molecule has 1 aromatic rings. The number of rotatable bonds is 2. The average molecular weight is 239 g/mol. The first-order valence-electron chi connectivity index (χ1n) is 5.67. The van der Waals surface area contributed by atoms with Crippen molar-refractivity contribution in [2.45, 2.75) is 18.9 Å². The second-order valence-electron chi connectivity index (χ2n) is 4.22. The van der Waals surface area contributed by atoms with Crippen LogP contribution in [0.4, 0.5) is 0 Å². The molecule has 1 aliphatic heterocycles. The molecule has 0 bridgehead atoms. The number of hydrogen-bond acceptors (Lipinski definition) is 4. The molecule has 1 aromatic heterocycles. The number of piperidine rings is 1. The zero-order valence-electron chi connectivity index (χ0n) is 10.1. The molecular formula is C11H17N3O3. The number of hydrogen-bond donors (Lipinski definition) is 1. The maximum Gasteiger partial charge on any atom is 0.274 e. The van der Waals surface area contributed by atoms with Gasteiger partial charge in [0.2, 0.25) is 5.88 Å². The standard InChI is InChI=1S/C11H17N3O3/c1-13-10(17-2)7-9(12-13)11(16)14-5-3-8(15)4-6-14/h7-8,15H,3-6H2,1-2H3. The van der Waals surface area contributed by atoms with Crippen LogP contribution in [0.15, 0.2) is 6.07 Å². The number of aliphatic hydroxyl groups excluding tert-OH is 1. The molecule has 0 saturated carbocycles. The van der Waals surface area contributed by atoms with Crippen LogP contribution in [0.3, 0.4) is 0 Å². The number of carbonyl (C=O) groups is 1. The summed E-state index contributed by atoms with van der Waals surface area (Å²) in [6.07, 6.45) is 0.989. The molecule has 0 atom stereocenters. The molecule has 2 heterocycles. The van der Waals surface area contributed by atoms with Crippen LogP contribution < -0.4 is 4.74 Å². The fraction of sp³-hybridized carbons (Fsp3) is 0.636. The molecule has 1 amide bonds. The van der Waals surface area contributed by atoms with E-state index in [4.69, 9.17) is 4.74 Å². The molecule has 94 valence electrons. The molecule has 1 N–H and O–H groups in total. The van der Waals surface area contributed by atoms with Gasteiger partial charge in [0.15, 0.2) is 5.69 Å². The van der Waals surface area contributed by atoms with Crippen LogP contribution in [-0.4, -0.2) is 52.0 Å². The van der Waals surface area contributed by atoms with Gasteiger partial charge < -0.3 is 14.7 Å². The van der Waals surface area contributed by atoms with E-state index in [2.05, 4.69) is 5.10 Å². The molecule has 6 heteroatoms. The summed E-state index contributed by atoms with van der Waals surface area (Å²) in [4.78, 5) is 13.8. The zero-order chi connectivity index (χ0) is 12.4. The maximum absolute atomic E-state index is 12.1. The Balaban J connectivity index is 2.08. The topological polar surface area (TPSA) is 67.6 Å². The molecule has 17 heavy (non-hydrogen) atoms. The molecule has 1 saturated heterocycles. The van der Waals surface area contributed by atoms with Gasteiger partial charge in [0.25, 0.3) is 5.91 Å². The number of carbonyl (C=O) groups excluding carboxylic acids is 1. The first-order valence-corrected chi connectivity index (χ1v) is 5.67. The predicted molar refractivity (Wildman–Crippen MR) is 60.9 cm³/mol. The van der Waals surface area contributed by atoms with E-state index >= 15 is 0 Å². The van der Waals surface area contributed by atoms with Crippen LogP contribution in [0, 0.1) is 0 Å². The van der Waals surface area contributed by atoms with Gasteiger partial charge in [-0.3, -0.25) is 4.79 Å². The Morgan fingerprint density at radius 2 is 2.18 bits per heavy atom. The van der Waals surface area contributed by atoms with E-state index in [-0.39, 0.29) is 12.0 Å². The van der Waals surface area contributed by atoms with Gasteiger partial charge in [-0.25, -0.2) is 4.68 Å². The van der Waals surface area contributed by atoms with Crippen LogP contribution >= 0.6 is 0 Å². The van der Waals surface area contributed by atoms with E-state index in [1.54, 1.807) is 25.1 Å². The van der Waals surface area contributed by atoms with Gasteiger partial charge in [0.05, 0.1) is 13.2 Å². The van der Waals surface area contributed by atoms with Crippen LogP contribution in [-0.2, 0) is 7.05 Å². The van der Waals surface area contributed by atoms with Crippen molar-refractivity contribution in [2.24, 2.45) is 7.05 Å². The van der Waals surface area contributed by atoms with Crippen molar-refractivity contribution in [3.8, 4) is 5.88 Å². The third-order valence-electron chi connectivity index (χ3n) is 3.02. The fourth-order valence-electron chi connectivity index (χ4n) is 1.98. The molecule has 0 spiro atoms. The van der Waals surface area contributed by atoms with Crippen molar-refractivity contribution >= 4 is 5.91 Å². The van der Waals surface area contributed by atoms with Crippen molar-refractivity contribution in [1.82, 2.24) is 14.7 Å². The molecule has 2 rings (SSSR count). The van der Waals surface area contributed by atoms with Gasteiger partial charge in [-0.05, 0) is 12.8 Å². The number of aryl methyl sites for hydroxylation is 1. The largest absolute Gasteiger partial charge is 0.481 e. The molecule has 0 aromatic carbocycles. The third kappa shape index (κ3) is 2.41. The number of aliphatic hydroxyl groups is 1. The highest BCUT2D eigenvalue weighted by molar-refractivity contribution is 5.92. The minimum Gasteiger partial charge on any atom is -0.481 e. The summed E-state index contributed by atoms with van der Waals surface area (Å²) in [5.74, 6) is 0.459. The molecule has 1 fully saturated rings. The SMILES string of the molecule is COc1cc(C(=O)N2CCC(O)CC2)nn1C. The van der Waals surface area contributed by atoms with Crippen LogP contribution in [0.1, 0.15) is 23.3 Å². The molecule has 0 aliphatic carbocycles. The average Bonchev–Trinajstić information content (AvgIpc) is 2.70. The summed E-state index contributed by atoms with van der Waals surface area (Å²) in [6.45, 7) is 1.16. The van der Waals surface area contributed by atoms with Crippen LogP contribution in [0.5, 0.6) is 5.88 Å². The molecule has 6 nitrogen and oxygen atoms in total. The van der Waals surface area contributed by atoms with Crippen molar-refractivity contribution < 1.29 is 14.6 Å². The second kappa shape index (κ2) is 4.75. The normalized spacial score (nSPS) is 17.2. The van der Waals surface area contributed by atoms with E-state index in [1.165, 1.54) is 4.68 Å². The first-order chi connectivity index (χ1) is 8.11. The Hall–Kier alpha value is -1.56. The van der Waals surface area contributed by atoms with Crippen LogP contribution in [0.2, 0.25) is 0 Å². The summed E-state index contributed by atoms with van der Waals surface area (Å²) in [5.41, 5.74) is 0.390. The lowest BCUT2D eigenvalue weighted by Gasteiger charge is -2.28. The van der Waals surface area contributed by atoms with E-state index in [9.17, 15) is 9.90 Å². The van der Waals surface area contributed by atoms with Crippen molar-refractivity contribution in [3.63, 3.8) is 0 Å². The van der Waals surface area contributed by atoms with Gasteiger partial charge in [-0.15, -0.1) is 0 Å². The van der Waals surface area contributed by atoms with Crippen molar-refractivity contribution in [2.75, 3.05) is 20.2 Å². The van der Waals surface area contributed by atoms with Gasteiger partial charge in [0.1, 0.15) is 0 Å². The van der Waals surface area contributed by atoms with E-state index in [1.807, 2.05) is 0 Å². The molecule has 0 unspecified atom stereocenters. The summed E-state index contributed by atoms with van der Waals surface area (Å²) < 4.78 is 6.60. The lowest BCUT2D eigenvalue weighted by Crippen LogP contribution is -2.40. The summed E-state index contributed by atoms with van der Waals surface area (Å²) >= 11 is 0. The molecule has 0 radical (unpaired) electrons. The highest BCUT2D eigenvalue weighted by Crippen LogP contribution is 2.16. The third-order valence-corrected chi connectivity index (χ3v) is 3.02. The highest BCUT2D eigenvalue weighted by Gasteiger charge is 2.24. The van der Waals surface area contributed by atoms with E-state index in [0.29, 0.717) is 37.5 Å². The number of aromatic nitrogens is 2. The number of methoxy groups -OCH3 is 1. The van der Waals surface area contributed by atoms with E-state index in [0.717, 1.165) is 0 Å². The number of likely N-dealkylation sites (tertiary alicyclic amines) is 1. The van der Waals surface area contributed by atoms with Gasteiger partial charge in [-0.2, -0.15) is 5.10 Å². The van der Waals surface area contributed by atoms with Crippen LogP contribution in [0.25, 0.3) is 0 Å². The Bertz CT molecular complexity index is 408. The summed E-state index contributed by atoms with van der Waals surface area (Å²) in [7, 11) is 3.28. The zero-order valence-corrected chi connectivity index (χ0v) is 10.1. The minimum absolute atomic E-state index is 0.101. The second-order valence-corrected chi connectivity index (χ2v) is 4.22. The highest BCUT2D eigenvalue weighted by atomic mass is 16.5.